The average Bonchev–Trinajstić information content (AvgIpc) is 2.19. The molecule has 3 radical (unpaired) electrons. The van der Waals surface area contributed by atoms with Gasteiger partial charge < -0.3 is 15.3 Å². The zero-order valence-corrected chi connectivity index (χ0v) is 12.8. The molecule has 0 aliphatic heterocycles. The average molecular weight is 246 g/mol. The summed E-state index contributed by atoms with van der Waals surface area (Å²) in [6, 6.07) is 0. The van der Waals surface area contributed by atoms with Gasteiger partial charge in [0.2, 0.25) is 0 Å². The van der Waals surface area contributed by atoms with Crippen molar-refractivity contribution in [2.75, 3.05) is 0 Å². The van der Waals surface area contributed by atoms with Gasteiger partial charge >= 0.3 is 0 Å². The molecule has 0 bridgehead atoms. The molecule has 0 heterocycles. The van der Waals surface area contributed by atoms with Crippen molar-refractivity contribution in [1.82, 2.24) is 0 Å². The van der Waals surface area contributed by atoms with Crippen LogP contribution in [0.2, 0.25) is 0 Å². The van der Waals surface area contributed by atoms with E-state index in [0.29, 0.717) is 0 Å². The normalized spacial score (nSPS) is 14.1. The van der Waals surface area contributed by atoms with Crippen LogP contribution in [0.3, 0.4) is 0 Å². The minimum Gasteiger partial charge on any atom is -0.852 e. The van der Waals surface area contributed by atoms with E-state index in [0.717, 1.165) is 19.3 Å². The molecule has 0 aromatic carbocycles. The van der Waals surface area contributed by atoms with E-state index in [4.69, 9.17) is 0 Å². The van der Waals surface area contributed by atoms with Crippen LogP contribution in [-0.2, 0) is 0 Å². The second-order valence-corrected chi connectivity index (χ2v) is 3.66. The molecule has 3 unspecified atom stereocenters. The molecule has 0 spiro atoms. The third kappa shape index (κ3) is 63.1. The van der Waals surface area contributed by atoms with Crippen LogP contribution in [0.4, 0.5) is 0 Å². The lowest BCUT2D eigenvalue weighted by Gasteiger charge is -2.09. The number of hydrogen-bond acceptors (Lipinski definition) is 3. The topological polar surface area (TPSA) is 69.2 Å². The van der Waals surface area contributed by atoms with Gasteiger partial charge in [-0.25, -0.2) is 0 Å². The van der Waals surface area contributed by atoms with E-state index in [1.165, 1.54) is 0 Å². The van der Waals surface area contributed by atoms with Gasteiger partial charge in [-0.15, -0.1) is 18.3 Å². The molecule has 16 heavy (non-hydrogen) atoms. The second kappa shape index (κ2) is 20.8. The highest BCUT2D eigenvalue weighted by molar-refractivity contribution is 5.75. The lowest BCUT2D eigenvalue weighted by atomic mass is 10.3. The molecule has 0 aromatic heterocycles. The summed E-state index contributed by atoms with van der Waals surface area (Å²) >= 11 is 0. The molecule has 0 aliphatic carbocycles. The van der Waals surface area contributed by atoms with Crippen LogP contribution in [0.1, 0.15) is 60.8 Å². The maximum atomic E-state index is 9.90. The van der Waals surface area contributed by atoms with Crippen LogP contribution < -0.4 is 15.3 Å². The van der Waals surface area contributed by atoms with Gasteiger partial charge in [-0.05, 0) is 0 Å². The van der Waals surface area contributed by atoms with Gasteiger partial charge in [-0.2, -0.15) is 0 Å². The summed E-state index contributed by atoms with van der Waals surface area (Å²) in [4.78, 5) is 0. The van der Waals surface area contributed by atoms with Gasteiger partial charge in [0.1, 0.15) is 0 Å². The smallest absolute Gasteiger partial charge is 0 e. The third-order valence-electron chi connectivity index (χ3n) is 1.72. The molecule has 3 nitrogen and oxygen atoms in total. The van der Waals surface area contributed by atoms with E-state index >= 15 is 0 Å². The monoisotopic (exact) mass is 246 g/mol. The van der Waals surface area contributed by atoms with E-state index in [9.17, 15) is 15.3 Å². The van der Waals surface area contributed by atoms with Crippen LogP contribution in [-0.4, -0.2) is 35.7 Å². The van der Waals surface area contributed by atoms with Crippen molar-refractivity contribution >= 4 is 17.4 Å². The van der Waals surface area contributed by atoms with Crippen molar-refractivity contribution in [2.24, 2.45) is 0 Å². The van der Waals surface area contributed by atoms with Crippen LogP contribution in [0.25, 0.3) is 0 Å². The SMILES string of the molecule is CCC(C)[O-].CCC(C)[O-].CCC(C)[O-].[Al]. The Bertz CT molecular complexity index is 77.2. The fourth-order valence-corrected chi connectivity index (χ4v) is 0. The van der Waals surface area contributed by atoms with E-state index in [1.807, 2.05) is 20.8 Å². The van der Waals surface area contributed by atoms with Crippen molar-refractivity contribution < 1.29 is 15.3 Å². The van der Waals surface area contributed by atoms with E-state index in [1.54, 1.807) is 20.8 Å². The highest BCUT2D eigenvalue weighted by atomic mass is 27.0. The predicted octanol–water partition coefficient (Wildman–Crippen LogP) is 0.0548. The van der Waals surface area contributed by atoms with Crippen molar-refractivity contribution in [3.8, 4) is 0 Å². The standard InChI is InChI=1S/3C4H9O.Al/c3*1-3-4(2)5;/h3*4H,3H2,1-2H3;/q3*-1;. The first-order valence-electron chi connectivity index (χ1n) is 5.79. The molecule has 0 saturated carbocycles. The highest BCUT2D eigenvalue weighted by Gasteiger charge is 1.69. The second-order valence-electron chi connectivity index (χ2n) is 3.66. The molecular formula is C12H27AlO3-3. The van der Waals surface area contributed by atoms with Crippen LogP contribution in [0.5, 0.6) is 0 Å². The fraction of sp³-hybridized carbons (Fsp3) is 1.00. The van der Waals surface area contributed by atoms with Gasteiger partial charge in [0.25, 0.3) is 0 Å². The maximum Gasteiger partial charge on any atom is 0 e. The molecule has 0 amide bonds. The molecule has 4 heteroatoms. The lowest BCUT2D eigenvalue weighted by molar-refractivity contribution is -0.414. The van der Waals surface area contributed by atoms with Crippen molar-refractivity contribution in [2.45, 2.75) is 79.1 Å². The summed E-state index contributed by atoms with van der Waals surface area (Å²) in [7, 11) is 0. The minimum absolute atomic E-state index is 0. The summed E-state index contributed by atoms with van der Waals surface area (Å²) < 4.78 is 0. The molecular weight excluding hydrogens is 219 g/mol. The van der Waals surface area contributed by atoms with Crippen molar-refractivity contribution in [1.29, 1.82) is 0 Å². The molecule has 0 aromatic rings. The molecule has 3 atom stereocenters. The Morgan fingerprint density at radius 2 is 0.688 bits per heavy atom. The Morgan fingerprint density at radius 3 is 0.688 bits per heavy atom. The van der Waals surface area contributed by atoms with Gasteiger partial charge in [0, 0.05) is 17.4 Å². The Hall–Kier alpha value is 0.412. The summed E-state index contributed by atoms with van der Waals surface area (Å²) in [6.07, 6.45) is 1.15. The van der Waals surface area contributed by atoms with Gasteiger partial charge in [0.15, 0.2) is 0 Å². The Balaban J connectivity index is -0.0000000655. The number of rotatable bonds is 3. The first-order chi connectivity index (χ1) is 6.81. The van der Waals surface area contributed by atoms with Gasteiger partial charge in [-0.3, -0.25) is 0 Å². The van der Waals surface area contributed by atoms with E-state index < -0.39 is 0 Å². The number of hydrogen-bond donors (Lipinski definition) is 0. The molecule has 99 valence electrons. The Kier molecular flexibility index (Phi) is 32.9. The molecule has 0 N–H and O–H groups in total. The summed E-state index contributed by atoms with van der Waals surface area (Å²) in [6.45, 7) is 10.7. The molecule has 0 rings (SSSR count). The maximum absolute atomic E-state index is 9.90. The van der Waals surface area contributed by atoms with Gasteiger partial charge in [-0.1, -0.05) is 60.8 Å². The first-order valence-corrected chi connectivity index (χ1v) is 5.79. The van der Waals surface area contributed by atoms with Crippen molar-refractivity contribution in [3.05, 3.63) is 0 Å². The molecule has 0 saturated heterocycles. The van der Waals surface area contributed by atoms with E-state index in [-0.39, 0.29) is 35.7 Å². The predicted molar refractivity (Wildman–Crippen MR) is 65.0 cm³/mol. The fourth-order valence-electron chi connectivity index (χ4n) is 0. The third-order valence-corrected chi connectivity index (χ3v) is 1.72. The molecule has 0 fully saturated rings. The Morgan fingerprint density at radius 1 is 0.625 bits per heavy atom. The highest BCUT2D eigenvalue weighted by Crippen LogP contribution is 1.77. The van der Waals surface area contributed by atoms with Gasteiger partial charge in [0.05, 0.1) is 0 Å². The quantitative estimate of drug-likeness (QED) is 0.661. The zero-order chi connectivity index (χ0) is 12.9. The zero-order valence-electron chi connectivity index (χ0n) is 11.7. The Labute approximate surface area is 112 Å². The largest absolute Gasteiger partial charge is 0.852 e. The van der Waals surface area contributed by atoms with Crippen molar-refractivity contribution in [3.63, 3.8) is 0 Å². The summed E-state index contributed by atoms with van der Waals surface area (Å²) in [5.41, 5.74) is 0. The summed E-state index contributed by atoms with van der Waals surface area (Å²) in [5.74, 6) is 0. The molecule has 0 aliphatic rings. The summed E-state index contributed by atoms with van der Waals surface area (Å²) in [5, 5.41) is 29.7. The van der Waals surface area contributed by atoms with Crippen LogP contribution in [0.15, 0.2) is 0 Å². The minimum atomic E-state index is -0.366. The first kappa shape index (κ1) is 25.3. The van der Waals surface area contributed by atoms with E-state index in [2.05, 4.69) is 0 Å². The van der Waals surface area contributed by atoms with Crippen LogP contribution in [0, 0.1) is 0 Å². The van der Waals surface area contributed by atoms with Crippen LogP contribution >= 0.6 is 0 Å². The lowest BCUT2D eigenvalue weighted by Crippen LogP contribution is -2.18.